The maximum absolute atomic E-state index is 12.2. The molecule has 2 heterocycles. The van der Waals surface area contributed by atoms with Crippen molar-refractivity contribution >= 4 is 28.2 Å². The molecule has 2 aliphatic heterocycles. The summed E-state index contributed by atoms with van der Waals surface area (Å²) in [6.45, 7) is 4.87. The minimum absolute atomic E-state index is 0. The molecule has 0 aromatic rings. The van der Waals surface area contributed by atoms with Crippen molar-refractivity contribution in [2.45, 2.75) is 50.4 Å². The molecule has 5 nitrogen and oxygen atoms in total. The molecule has 2 fully saturated rings. The van der Waals surface area contributed by atoms with Gasteiger partial charge in [0, 0.05) is 25.0 Å². The molecule has 19 heavy (non-hydrogen) atoms. The van der Waals surface area contributed by atoms with Crippen molar-refractivity contribution in [3.8, 4) is 0 Å². The molecule has 0 aromatic carbocycles. The Kier molecular flexibility index (Phi) is 5.65. The first-order valence-corrected chi connectivity index (χ1v) is 8.38. The summed E-state index contributed by atoms with van der Waals surface area (Å²) >= 11 is 0. The lowest BCUT2D eigenvalue weighted by atomic mass is 10.1. The second-order valence-electron chi connectivity index (χ2n) is 5.40. The van der Waals surface area contributed by atoms with Gasteiger partial charge in [0.2, 0.25) is 5.91 Å². The van der Waals surface area contributed by atoms with E-state index in [0.717, 1.165) is 19.4 Å². The van der Waals surface area contributed by atoms with Gasteiger partial charge in [0.1, 0.15) is 0 Å². The number of hydrogen-bond donors (Lipinski definition) is 1. The van der Waals surface area contributed by atoms with Crippen LogP contribution in [-0.2, 0) is 14.6 Å². The molecule has 0 aliphatic carbocycles. The van der Waals surface area contributed by atoms with E-state index in [-0.39, 0.29) is 36.2 Å². The van der Waals surface area contributed by atoms with Crippen molar-refractivity contribution in [3.63, 3.8) is 0 Å². The van der Waals surface area contributed by atoms with E-state index in [0.29, 0.717) is 13.0 Å². The molecular formula is C12H23ClN2O3S. The predicted octanol–water partition coefficient (Wildman–Crippen LogP) is 0.584. The Labute approximate surface area is 121 Å². The topological polar surface area (TPSA) is 66.5 Å². The van der Waals surface area contributed by atoms with Crippen LogP contribution in [0.2, 0.25) is 0 Å². The first-order chi connectivity index (χ1) is 8.42. The summed E-state index contributed by atoms with van der Waals surface area (Å²) in [4.78, 5) is 14.0. The van der Waals surface area contributed by atoms with Crippen LogP contribution in [0.15, 0.2) is 0 Å². The molecule has 1 N–H and O–H groups in total. The van der Waals surface area contributed by atoms with Crippen LogP contribution in [0.4, 0.5) is 0 Å². The van der Waals surface area contributed by atoms with E-state index in [4.69, 9.17) is 0 Å². The molecule has 2 aliphatic rings. The summed E-state index contributed by atoms with van der Waals surface area (Å²) in [5.41, 5.74) is 0. The highest BCUT2D eigenvalue weighted by molar-refractivity contribution is 7.92. The zero-order valence-electron chi connectivity index (χ0n) is 11.5. The van der Waals surface area contributed by atoms with Crippen LogP contribution in [0.25, 0.3) is 0 Å². The van der Waals surface area contributed by atoms with E-state index < -0.39 is 15.1 Å². The largest absolute Gasteiger partial charge is 0.338 e. The lowest BCUT2D eigenvalue weighted by Crippen LogP contribution is -2.54. The van der Waals surface area contributed by atoms with Crippen molar-refractivity contribution in [1.29, 1.82) is 0 Å². The summed E-state index contributed by atoms with van der Waals surface area (Å²) in [5.74, 6) is 0.186. The van der Waals surface area contributed by atoms with Gasteiger partial charge in [-0.25, -0.2) is 8.42 Å². The first kappa shape index (κ1) is 16.7. The van der Waals surface area contributed by atoms with Crippen LogP contribution in [0.1, 0.15) is 33.1 Å². The quantitative estimate of drug-likeness (QED) is 0.810. The molecule has 0 saturated carbocycles. The number of amides is 1. The van der Waals surface area contributed by atoms with Crippen molar-refractivity contribution in [2.75, 3.05) is 18.8 Å². The van der Waals surface area contributed by atoms with Gasteiger partial charge in [0.15, 0.2) is 9.84 Å². The van der Waals surface area contributed by atoms with Gasteiger partial charge in [0.05, 0.1) is 11.0 Å². The summed E-state index contributed by atoms with van der Waals surface area (Å²) in [7, 11) is -3.01. The number of hydrogen-bond acceptors (Lipinski definition) is 4. The second-order valence-corrected chi connectivity index (χ2v) is 7.87. The van der Waals surface area contributed by atoms with E-state index in [1.54, 1.807) is 11.8 Å². The van der Waals surface area contributed by atoms with E-state index in [1.807, 2.05) is 6.92 Å². The van der Waals surface area contributed by atoms with E-state index in [9.17, 15) is 13.2 Å². The summed E-state index contributed by atoms with van der Waals surface area (Å²) in [5, 5.41) is 2.85. The Hall–Kier alpha value is -0.330. The highest BCUT2D eigenvalue weighted by Gasteiger charge is 2.38. The molecule has 112 valence electrons. The lowest BCUT2D eigenvalue weighted by molar-refractivity contribution is -0.133. The molecular weight excluding hydrogens is 288 g/mol. The van der Waals surface area contributed by atoms with E-state index in [1.165, 1.54) is 0 Å². The SMILES string of the molecule is CC1C(C)S(=O)(=O)CCN1C(=O)CC1CCCN1.Cl. The monoisotopic (exact) mass is 310 g/mol. The Morgan fingerprint density at radius 1 is 1.37 bits per heavy atom. The summed E-state index contributed by atoms with van der Waals surface area (Å²) in [6.07, 6.45) is 2.66. The average Bonchev–Trinajstić information content (AvgIpc) is 2.78. The van der Waals surface area contributed by atoms with Gasteiger partial charge in [-0.05, 0) is 33.2 Å². The molecule has 0 spiro atoms. The summed E-state index contributed by atoms with van der Waals surface area (Å²) < 4.78 is 23.5. The molecule has 2 rings (SSSR count). The van der Waals surface area contributed by atoms with Gasteiger partial charge >= 0.3 is 0 Å². The van der Waals surface area contributed by atoms with Crippen LogP contribution in [0.5, 0.6) is 0 Å². The zero-order valence-corrected chi connectivity index (χ0v) is 13.1. The number of carbonyl (C=O) groups excluding carboxylic acids is 1. The Balaban J connectivity index is 0.00000180. The second kappa shape index (κ2) is 6.41. The fourth-order valence-corrected chi connectivity index (χ4v) is 4.35. The van der Waals surface area contributed by atoms with Gasteiger partial charge in [0.25, 0.3) is 0 Å². The molecule has 1 amide bonds. The third-order valence-corrected chi connectivity index (χ3v) is 6.54. The molecule has 7 heteroatoms. The van der Waals surface area contributed by atoms with Gasteiger partial charge in [-0.3, -0.25) is 4.79 Å². The van der Waals surface area contributed by atoms with Gasteiger partial charge in [-0.15, -0.1) is 12.4 Å². The smallest absolute Gasteiger partial charge is 0.224 e. The number of rotatable bonds is 2. The molecule has 0 aromatic heterocycles. The predicted molar refractivity (Wildman–Crippen MR) is 77.3 cm³/mol. The first-order valence-electron chi connectivity index (χ1n) is 6.66. The van der Waals surface area contributed by atoms with E-state index >= 15 is 0 Å². The molecule has 0 radical (unpaired) electrons. The van der Waals surface area contributed by atoms with E-state index in [2.05, 4.69) is 5.32 Å². The standard InChI is InChI=1S/C12H22N2O3S.ClH/c1-9-10(2)18(16,17)7-6-14(9)12(15)8-11-4-3-5-13-11;/h9-11,13H,3-8H2,1-2H3;1H. The van der Waals surface area contributed by atoms with Crippen LogP contribution in [0, 0.1) is 0 Å². The minimum atomic E-state index is -3.01. The van der Waals surface area contributed by atoms with Crippen molar-refractivity contribution in [2.24, 2.45) is 0 Å². The zero-order chi connectivity index (χ0) is 13.3. The van der Waals surface area contributed by atoms with Crippen molar-refractivity contribution in [1.82, 2.24) is 10.2 Å². The van der Waals surface area contributed by atoms with Gasteiger partial charge in [-0.2, -0.15) is 0 Å². The van der Waals surface area contributed by atoms with Crippen LogP contribution in [-0.4, -0.2) is 55.4 Å². The Morgan fingerprint density at radius 2 is 2.05 bits per heavy atom. The van der Waals surface area contributed by atoms with Gasteiger partial charge in [-0.1, -0.05) is 0 Å². The van der Waals surface area contributed by atoms with Gasteiger partial charge < -0.3 is 10.2 Å². The van der Waals surface area contributed by atoms with Crippen molar-refractivity contribution < 1.29 is 13.2 Å². The number of nitrogens with one attached hydrogen (secondary N) is 1. The number of sulfone groups is 1. The molecule has 0 bridgehead atoms. The highest BCUT2D eigenvalue weighted by Crippen LogP contribution is 2.21. The molecule has 3 unspecified atom stereocenters. The maximum atomic E-state index is 12.2. The van der Waals surface area contributed by atoms with Crippen LogP contribution >= 0.6 is 12.4 Å². The van der Waals surface area contributed by atoms with Crippen molar-refractivity contribution in [3.05, 3.63) is 0 Å². The van der Waals surface area contributed by atoms with Crippen LogP contribution < -0.4 is 5.32 Å². The molecule has 2 saturated heterocycles. The fourth-order valence-electron chi connectivity index (χ4n) is 2.78. The number of nitrogens with zero attached hydrogens (tertiary/aromatic N) is 1. The minimum Gasteiger partial charge on any atom is -0.338 e. The average molecular weight is 311 g/mol. The third-order valence-electron chi connectivity index (χ3n) is 4.26. The number of carbonyl (C=O) groups is 1. The maximum Gasteiger partial charge on any atom is 0.224 e. The molecule has 3 atom stereocenters. The Bertz CT molecular complexity index is 421. The normalized spacial score (nSPS) is 33.8. The lowest BCUT2D eigenvalue weighted by Gasteiger charge is -2.38. The number of halogens is 1. The Morgan fingerprint density at radius 3 is 2.63 bits per heavy atom. The fraction of sp³-hybridized carbons (Fsp3) is 0.917. The van der Waals surface area contributed by atoms with Crippen LogP contribution in [0.3, 0.4) is 0 Å². The highest BCUT2D eigenvalue weighted by atomic mass is 35.5. The third kappa shape index (κ3) is 3.61. The summed E-state index contributed by atoms with van der Waals surface area (Å²) in [6, 6.07) is 0.0659.